The summed E-state index contributed by atoms with van der Waals surface area (Å²) in [6.45, 7) is 3.73. The van der Waals surface area contributed by atoms with Crippen LogP contribution in [0.2, 0.25) is 0 Å². The number of aryl methyl sites for hydroxylation is 2. The number of rotatable bonds is 1. The van der Waals surface area contributed by atoms with E-state index in [0.717, 1.165) is 11.3 Å². The number of pyridine rings is 1. The third kappa shape index (κ3) is 2.02. The van der Waals surface area contributed by atoms with Crippen molar-refractivity contribution in [3.05, 3.63) is 45.4 Å². The lowest BCUT2D eigenvalue weighted by molar-refractivity contribution is -0.136. The van der Waals surface area contributed by atoms with Gasteiger partial charge in [0.1, 0.15) is 0 Å². The van der Waals surface area contributed by atoms with E-state index >= 15 is 0 Å². The second kappa shape index (κ2) is 4.38. The number of fused-ring (bicyclic) bond motifs is 3. The van der Waals surface area contributed by atoms with Gasteiger partial charge < -0.3 is 9.97 Å². The number of benzene rings is 1. The van der Waals surface area contributed by atoms with Gasteiger partial charge in [-0.3, -0.25) is 4.79 Å². The average molecular weight is 294 g/mol. The second-order valence-corrected chi connectivity index (χ2v) is 5.04. The molecule has 0 radical (unpaired) electrons. The zero-order chi connectivity index (χ0) is 15.4. The van der Waals surface area contributed by atoms with Crippen molar-refractivity contribution in [1.82, 2.24) is 9.97 Å². The van der Waals surface area contributed by atoms with Crippen LogP contribution in [-0.2, 0) is 12.6 Å². The first kappa shape index (κ1) is 13.7. The van der Waals surface area contributed by atoms with Crippen LogP contribution in [0, 0.1) is 6.92 Å². The Kier molecular flexibility index (Phi) is 2.86. The fraction of sp³-hybridized carbons (Fsp3) is 0.267. The van der Waals surface area contributed by atoms with E-state index in [1.54, 1.807) is 13.0 Å². The largest absolute Gasteiger partial charge is 0.417 e. The summed E-state index contributed by atoms with van der Waals surface area (Å²) in [5, 5.41) is 0.570. The number of aromatic amines is 2. The number of hydrogen-bond donors (Lipinski definition) is 2. The zero-order valence-electron chi connectivity index (χ0n) is 11.5. The van der Waals surface area contributed by atoms with Gasteiger partial charge in [-0.15, -0.1) is 0 Å². The first-order valence-corrected chi connectivity index (χ1v) is 6.57. The molecule has 2 aromatic heterocycles. The molecular weight excluding hydrogens is 281 g/mol. The summed E-state index contributed by atoms with van der Waals surface area (Å²) < 4.78 is 39.8. The SMILES string of the molecule is CCc1[nH]c2ccc3[nH]c(=O)cc(C(F)(F)F)c3c2c1C. The Balaban J connectivity index is 2.60. The van der Waals surface area contributed by atoms with Crippen molar-refractivity contribution in [2.75, 3.05) is 0 Å². The van der Waals surface area contributed by atoms with E-state index in [9.17, 15) is 18.0 Å². The number of aromatic nitrogens is 2. The fourth-order valence-electron chi connectivity index (χ4n) is 2.84. The first-order valence-electron chi connectivity index (χ1n) is 6.57. The Hall–Kier alpha value is -2.24. The van der Waals surface area contributed by atoms with Crippen molar-refractivity contribution in [3.63, 3.8) is 0 Å². The fourth-order valence-corrected chi connectivity index (χ4v) is 2.84. The third-order valence-corrected chi connectivity index (χ3v) is 3.78. The van der Waals surface area contributed by atoms with Crippen LogP contribution in [0.15, 0.2) is 23.0 Å². The molecule has 1 aromatic carbocycles. The van der Waals surface area contributed by atoms with Gasteiger partial charge in [-0.2, -0.15) is 13.2 Å². The average Bonchev–Trinajstić information content (AvgIpc) is 2.73. The maximum Gasteiger partial charge on any atom is 0.417 e. The number of halogens is 3. The maximum atomic E-state index is 13.3. The molecule has 3 rings (SSSR count). The van der Waals surface area contributed by atoms with Crippen LogP contribution < -0.4 is 5.56 Å². The standard InChI is InChI=1S/C15H13F3N2O/c1-3-9-7(2)13-10(19-9)4-5-11-14(13)8(15(16,17)18)6-12(21)20-11/h4-6,19H,3H2,1-2H3,(H,20,21). The van der Waals surface area contributed by atoms with E-state index in [1.807, 2.05) is 6.92 Å². The highest BCUT2D eigenvalue weighted by atomic mass is 19.4. The van der Waals surface area contributed by atoms with Crippen molar-refractivity contribution < 1.29 is 13.2 Å². The van der Waals surface area contributed by atoms with Gasteiger partial charge >= 0.3 is 6.18 Å². The molecule has 0 bridgehead atoms. The zero-order valence-corrected chi connectivity index (χ0v) is 11.5. The molecule has 2 heterocycles. The summed E-state index contributed by atoms with van der Waals surface area (Å²) in [7, 11) is 0. The first-order chi connectivity index (χ1) is 9.82. The number of alkyl halides is 3. The minimum absolute atomic E-state index is 0.0491. The number of hydrogen-bond acceptors (Lipinski definition) is 1. The molecule has 0 saturated heterocycles. The van der Waals surface area contributed by atoms with Gasteiger partial charge in [0, 0.05) is 33.6 Å². The predicted octanol–water partition coefficient (Wildman–Crippen LogP) is 3.90. The van der Waals surface area contributed by atoms with E-state index in [4.69, 9.17) is 0 Å². The Morgan fingerprint density at radius 1 is 1.10 bits per heavy atom. The van der Waals surface area contributed by atoms with Gasteiger partial charge in [0.2, 0.25) is 5.56 Å². The molecule has 0 fully saturated rings. The van der Waals surface area contributed by atoms with Crippen molar-refractivity contribution in [3.8, 4) is 0 Å². The number of H-pyrrole nitrogens is 2. The summed E-state index contributed by atoms with van der Waals surface area (Å²) in [6, 6.07) is 3.82. The topological polar surface area (TPSA) is 48.6 Å². The van der Waals surface area contributed by atoms with Crippen LogP contribution in [0.25, 0.3) is 21.8 Å². The lowest BCUT2D eigenvalue weighted by Crippen LogP contribution is -2.14. The smallest absolute Gasteiger partial charge is 0.358 e. The molecule has 110 valence electrons. The molecule has 0 spiro atoms. The van der Waals surface area contributed by atoms with Crippen LogP contribution >= 0.6 is 0 Å². The second-order valence-electron chi connectivity index (χ2n) is 5.04. The molecule has 0 saturated carbocycles. The van der Waals surface area contributed by atoms with Crippen molar-refractivity contribution in [1.29, 1.82) is 0 Å². The molecule has 0 unspecified atom stereocenters. The molecule has 0 aliphatic rings. The monoisotopic (exact) mass is 294 g/mol. The molecule has 6 heteroatoms. The highest BCUT2D eigenvalue weighted by molar-refractivity contribution is 6.09. The highest BCUT2D eigenvalue weighted by Crippen LogP contribution is 2.38. The summed E-state index contributed by atoms with van der Waals surface area (Å²) in [6.07, 6.45) is -3.87. The molecule has 0 amide bonds. The van der Waals surface area contributed by atoms with Crippen LogP contribution in [0.5, 0.6) is 0 Å². The van der Waals surface area contributed by atoms with E-state index in [1.165, 1.54) is 6.07 Å². The molecule has 0 aliphatic carbocycles. The maximum absolute atomic E-state index is 13.3. The molecule has 0 atom stereocenters. The normalized spacial score (nSPS) is 12.4. The number of nitrogens with one attached hydrogen (secondary N) is 2. The Morgan fingerprint density at radius 3 is 2.29 bits per heavy atom. The van der Waals surface area contributed by atoms with E-state index in [0.29, 0.717) is 23.4 Å². The van der Waals surface area contributed by atoms with Gasteiger partial charge in [-0.25, -0.2) is 0 Å². The van der Waals surface area contributed by atoms with Crippen molar-refractivity contribution >= 4 is 21.8 Å². The summed E-state index contributed by atoms with van der Waals surface area (Å²) in [5.74, 6) is 0. The van der Waals surface area contributed by atoms with Crippen LogP contribution in [0.4, 0.5) is 13.2 Å². The minimum Gasteiger partial charge on any atom is -0.358 e. The summed E-state index contributed by atoms with van der Waals surface area (Å²) in [5.41, 5.74) is 0.892. The Labute approximate surface area is 117 Å². The molecule has 3 nitrogen and oxygen atoms in total. The summed E-state index contributed by atoms with van der Waals surface area (Å²) in [4.78, 5) is 17.1. The molecule has 21 heavy (non-hydrogen) atoms. The van der Waals surface area contributed by atoms with Crippen LogP contribution in [0.1, 0.15) is 23.7 Å². The molecule has 0 aliphatic heterocycles. The van der Waals surface area contributed by atoms with Gasteiger partial charge in [0.25, 0.3) is 0 Å². The van der Waals surface area contributed by atoms with Gasteiger partial charge in [0.15, 0.2) is 0 Å². The molecule has 2 N–H and O–H groups in total. The molecule has 3 aromatic rings. The van der Waals surface area contributed by atoms with Gasteiger partial charge in [-0.1, -0.05) is 6.92 Å². The Morgan fingerprint density at radius 2 is 1.71 bits per heavy atom. The van der Waals surface area contributed by atoms with Crippen molar-refractivity contribution in [2.45, 2.75) is 26.4 Å². The minimum atomic E-state index is -4.57. The predicted molar refractivity (Wildman–Crippen MR) is 75.5 cm³/mol. The van der Waals surface area contributed by atoms with Crippen LogP contribution in [-0.4, -0.2) is 9.97 Å². The van der Waals surface area contributed by atoms with Crippen LogP contribution in [0.3, 0.4) is 0 Å². The Bertz CT molecular complexity index is 903. The molecular formula is C15H13F3N2O. The highest BCUT2D eigenvalue weighted by Gasteiger charge is 2.34. The van der Waals surface area contributed by atoms with Crippen molar-refractivity contribution in [2.24, 2.45) is 0 Å². The van der Waals surface area contributed by atoms with Gasteiger partial charge in [-0.05, 0) is 31.0 Å². The van der Waals surface area contributed by atoms with E-state index in [2.05, 4.69) is 9.97 Å². The van der Waals surface area contributed by atoms with E-state index < -0.39 is 17.3 Å². The lowest BCUT2D eigenvalue weighted by Gasteiger charge is -2.11. The third-order valence-electron chi connectivity index (χ3n) is 3.78. The van der Waals surface area contributed by atoms with E-state index in [-0.39, 0.29) is 10.9 Å². The summed E-state index contributed by atoms with van der Waals surface area (Å²) >= 11 is 0. The quantitative estimate of drug-likeness (QED) is 0.702. The van der Waals surface area contributed by atoms with Gasteiger partial charge in [0.05, 0.1) is 5.56 Å². The lowest BCUT2D eigenvalue weighted by atomic mass is 10.0.